The Morgan fingerprint density at radius 3 is 1.50 bits per heavy atom. The van der Waals surface area contributed by atoms with Crippen molar-refractivity contribution in [2.45, 2.75) is 40.7 Å². The minimum Gasteiger partial charge on any atom is -0.359 e. The van der Waals surface area contributed by atoms with E-state index in [9.17, 15) is 9.59 Å². The summed E-state index contributed by atoms with van der Waals surface area (Å²) in [6.07, 6.45) is 0. The molecule has 2 N–H and O–H groups in total. The molecule has 0 fully saturated rings. The number of rotatable bonds is 2. The van der Waals surface area contributed by atoms with E-state index in [1.807, 2.05) is 27.7 Å². The van der Waals surface area contributed by atoms with E-state index in [1.54, 1.807) is 7.05 Å². The lowest BCUT2D eigenvalue weighted by molar-refractivity contribution is -0.123. The Morgan fingerprint density at radius 2 is 1.50 bits per heavy atom. The van der Waals surface area contributed by atoms with E-state index in [0.717, 1.165) is 0 Å². The van der Waals surface area contributed by atoms with Crippen molar-refractivity contribution in [3.8, 4) is 0 Å². The Hall–Kier alpha value is -1.06. The second-order valence-corrected chi connectivity index (χ2v) is 3.62. The quantitative estimate of drug-likeness (QED) is 0.699. The highest BCUT2D eigenvalue weighted by Crippen LogP contribution is 1.87. The van der Waals surface area contributed by atoms with E-state index in [0.29, 0.717) is 0 Å². The molecule has 0 bridgehead atoms. The zero-order valence-corrected chi connectivity index (χ0v) is 9.97. The molecular weight excluding hydrogens is 180 g/mol. The zero-order valence-electron chi connectivity index (χ0n) is 9.97. The van der Waals surface area contributed by atoms with Gasteiger partial charge in [-0.3, -0.25) is 9.59 Å². The topological polar surface area (TPSA) is 58.2 Å². The summed E-state index contributed by atoms with van der Waals surface area (Å²) in [6.45, 7) is 9.10. The summed E-state index contributed by atoms with van der Waals surface area (Å²) in [5, 5.41) is 5.19. The first-order chi connectivity index (χ1) is 6.31. The third-order valence-electron chi connectivity index (χ3n) is 1.26. The van der Waals surface area contributed by atoms with Crippen LogP contribution in [0.3, 0.4) is 0 Å². The molecule has 0 aromatic carbocycles. The van der Waals surface area contributed by atoms with Crippen molar-refractivity contribution in [3.05, 3.63) is 0 Å². The molecule has 0 atom stereocenters. The molecule has 2 amide bonds. The maximum Gasteiger partial charge on any atom is 0.222 e. The SMILES string of the molecule is CC(=O)NC(C)C.CNC(=O)C(C)C. The highest BCUT2D eigenvalue weighted by atomic mass is 16.2. The Kier molecular flexibility index (Phi) is 9.40. The fourth-order valence-corrected chi connectivity index (χ4v) is 0.695. The van der Waals surface area contributed by atoms with Crippen LogP contribution < -0.4 is 10.6 Å². The van der Waals surface area contributed by atoms with Gasteiger partial charge in [0.15, 0.2) is 0 Å². The minimum atomic E-state index is 0.0370. The molecule has 0 aromatic rings. The fourth-order valence-electron chi connectivity index (χ4n) is 0.695. The molecule has 4 heteroatoms. The first kappa shape index (κ1) is 15.4. The van der Waals surface area contributed by atoms with Gasteiger partial charge < -0.3 is 10.6 Å². The van der Waals surface area contributed by atoms with E-state index in [-0.39, 0.29) is 23.8 Å². The maximum absolute atomic E-state index is 10.4. The number of carbonyl (C=O) groups is 2. The Balaban J connectivity index is 0. The maximum atomic E-state index is 10.4. The number of carbonyl (C=O) groups excluding carboxylic acids is 2. The lowest BCUT2D eigenvalue weighted by Crippen LogP contribution is -2.27. The molecule has 0 heterocycles. The van der Waals surface area contributed by atoms with Gasteiger partial charge in [-0.1, -0.05) is 13.8 Å². The predicted molar refractivity (Wildman–Crippen MR) is 57.9 cm³/mol. The monoisotopic (exact) mass is 202 g/mol. The molecule has 0 aliphatic rings. The summed E-state index contributed by atoms with van der Waals surface area (Å²) in [7, 11) is 1.64. The van der Waals surface area contributed by atoms with Crippen molar-refractivity contribution in [1.82, 2.24) is 10.6 Å². The van der Waals surface area contributed by atoms with Gasteiger partial charge in [-0.25, -0.2) is 0 Å². The largest absolute Gasteiger partial charge is 0.359 e. The number of hydrogen-bond donors (Lipinski definition) is 2. The van der Waals surface area contributed by atoms with Crippen LogP contribution in [0.25, 0.3) is 0 Å². The molecule has 0 aromatic heterocycles. The van der Waals surface area contributed by atoms with Crippen LogP contribution in [0.5, 0.6) is 0 Å². The average molecular weight is 202 g/mol. The summed E-state index contributed by atoms with van der Waals surface area (Å²) in [5.74, 6) is 0.250. The van der Waals surface area contributed by atoms with Gasteiger partial charge in [0.25, 0.3) is 0 Å². The van der Waals surface area contributed by atoms with Gasteiger partial charge in [0.2, 0.25) is 11.8 Å². The molecule has 14 heavy (non-hydrogen) atoms. The van der Waals surface area contributed by atoms with E-state index in [2.05, 4.69) is 10.6 Å². The van der Waals surface area contributed by atoms with E-state index < -0.39 is 0 Å². The van der Waals surface area contributed by atoms with Crippen LogP contribution in [0.4, 0.5) is 0 Å². The van der Waals surface area contributed by atoms with E-state index in [1.165, 1.54) is 6.92 Å². The van der Waals surface area contributed by atoms with Crippen LogP contribution >= 0.6 is 0 Å². The van der Waals surface area contributed by atoms with Crippen molar-refractivity contribution in [3.63, 3.8) is 0 Å². The molecule has 0 saturated carbocycles. The molecule has 4 nitrogen and oxygen atoms in total. The normalized spacial score (nSPS) is 9.14. The van der Waals surface area contributed by atoms with Gasteiger partial charge in [-0.15, -0.1) is 0 Å². The lowest BCUT2D eigenvalue weighted by atomic mass is 10.2. The number of hydrogen-bond acceptors (Lipinski definition) is 2. The van der Waals surface area contributed by atoms with Gasteiger partial charge in [0.05, 0.1) is 0 Å². The third-order valence-corrected chi connectivity index (χ3v) is 1.26. The molecular formula is C10H22N2O2. The summed E-state index contributed by atoms with van der Waals surface area (Å²) < 4.78 is 0. The second-order valence-electron chi connectivity index (χ2n) is 3.62. The molecule has 0 rings (SSSR count). The van der Waals surface area contributed by atoms with E-state index in [4.69, 9.17) is 0 Å². The Labute approximate surface area is 86.5 Å². The Bertz CT molecular complexity index is 177. The van der Waals surface area contributed by atoms with Crippen molar-refractivity contribution in [2.75, 3.05) is 7.05 Å². The van der Waals surface area contributed by atoms with Crippen molar-refractivity contribution in [1.29, 1.82) is 0 Å². The number of amides is 2. The molecule has 0 aliphatic carbocycles. The van der Waals surface area contributed by atoms with Crippen LogP contribution in [-0.4, -0.2) is 24.9 Å². The van der Waals surface area contributed by atoms with Gasteiger partial charge in [-0.05, 0) is 13.8 Å². The van der Waals surface area contributed by atoms with Crippen LogP contribution in [0, 0.1) is 5.92 Å². The second kappa shape index (κ2) is 8.53. The van der Waals surface area contributed by atoms with Crippen molar-refractivity contribution >= 4 is 11.8 Å². The first-order valence-corrected chi connectivity index (χ1v) is 4.79. The molecule has 84 valence electrons. The number of nitrogens with one attached hydrogen (secondary N) is 2. The smallest absolute Gasteiger partial charge is 0.222 e. The third kappa shape index (κ3) is 13.5. The zero-order chi connectivity index (χ0) is 11.7. The minimum absolute atomic E-state index is 0.0370. The predicted octanol–water partition coefficient (Wildman–Crippen LogP) is 0.919. The van der Waals surface area contributed by atoms with Crippen molar-refractivity contribution in [2.24, 2.45) is 5.92 Å². The van der Waals surface area contributed by atoms with E-state index >= 15 is 0 Å². The molecule has 0 aliphatic heterocycles. The summed E-state index contributed by atoms with van der Waals surface area (Å²) in [5.41, 5.74) is 0. The average Bonchev–Trinajstić information content (AvgIpc) is 2.01. The summed E-state index contributed by atoms with van der Waals surface area (Å²) in [4.78, 5) is 20.5. The van der Waals surface area contributed by atoms with Crippen molar-refractivity contribution < 1.29 is 9.59 Å². The molecule has 0 unspecified atom stereocenters. The fraction of sp³-hybridized carbons (Fsp3) is 0.800. The summed E-state index contributed by atoms with van der Waals surface area (Å²) >= 11 is 0. The van der Waals surface area contributed by atoms with Gasteiger partial charge in [-0.2, -0.15) is 0 Å². The van der Waals surface area contributed by atoms with Gasteiger partial charge >= 0.3 is 0 Å². The highest BCUT2D eigenvalue weighted by molar-refractivity contribution is 5.77. The van der Waals surface area contributed by atoms with Crippen LogP contribution in [0.15, 0.2) is 0 Å². The molecule has 0 spiro atoms. The van der Waals surface area contributed by atoms with Gasteiger partial charge in [0.1, 0.15) is 0 Å². The standard InChI is InChI=1S/2C5H11NO/c1-4(2)5(7)6-3;1-4(2)6-5(3)7/h2*4H,1-3H3,(H,6,7). The first-order valence-electron chi connectivity index (χ1n) is 4.79. The Morgan fingerprint density at radius 1 is 1.07 bits per heavy atom. The van der Waals surface area contributed by atoms with Crippen LogP contribution in [0.1, 0.15) is 34.6 Å². The summed E-state index contributed by atoms with van der Waals surface area (Å²) in [6, 6.07) is 0.275. The molecule has 0 saturated heterocycles. The van der Waals surface area contributed by atoms with Crippen LogP contribution in [0.2, 0.25) is 0 Å². The van der Waals surface area contributed by atoms with Gasteiger partial charge in [0, 0.05) is 25.9 Å². The molecule has 0 radical (unpaired) electrons. The lowest BCUT2D eigenvalue weighted by Gasteiger charge is -2.02. The highest BCUT2D eigenvalue weighted by Gasteiger charge is 2.00. The van der Waals surface area contributed by atoms with Crippen LogP contribution in [-0.2, 0) is 9.59 Å².